The van der Waals surface area contributed by atoms with E-state index in [9.17, 15) is 9.90 Å². The van der Waals surface area contributed by atoms with Crippen LogP contribution < -0.4 is 0 Å². The molecule has 2 N–H and O–H groups in total. The van der Waals surface area contributed by atoms with E-state index in [4.69, 9.17) is 9.84 Å². The first-order chi connectivity index (χ1) is 9.63. The van der Waals surface area contributed by atoms with Crippen LogP contribution in [0.2, 0.25) is 0 Å². The van der Waals surface area contributed by atoms with Gasteiger partial charge in [-0.25, -0.2) is 0 Å². The summed E-state index contributed by atoms with van der Waals surface area (Å²) in [6, 6.07) is 0. The highest BCUT2D eigenvalue weighted by Gasteiger charge is 2.29. The molecule has 0 amide bonds. The standard InChI is InChI=1S/C16H30O4/c1-2-3-4-5-9-14(17)15-12-11-13(20-15)8-6-7-10-16(18)19/h13-15,17H,2-12H2,1H3,(H,18,19)/t13-,14+,15+/m1/s1. The molecule has 1 saturated heterocycles. The van der Waals surface area contributed by atoms with Crippen LogP contribution in [0.3, 0.4) is 0 Å². The molecule has 1 aliphatic rings. The number of aliphatic hydroxyl groups is 1. The molecular weight excluding hydrogens is 256 g/mol. The van der Waals surface area contributed by atoms with Crippen molar-refractivity contribution < 1.29 is 19.7 Å². The van der Waals surface area contributed by atoms with Gasteiger partial charge in [0.1, 0.15) is 0 Å². The minimum Gasteiger partial charge on any atom is -0.481 e. The second-order valence-electron chi connectivity index (χ2n) is 5.93. The Hall–Kier alpha value is -0.610. The van der Waals surface area contributed by atoms with Crippen LogP contribution >= 0.6 is 0 Å². The van der Waals surface area contributed by atoms with E-state index >= 15 is 0 Å². The smallest absolute Gasteiger partial charge is 0.303 e. The van der Waals surface area contributed by atoms with Crippen molar-refractivity contribution in [3.05, 3.63) is 0 Å². The highest BCUT2D eigenvalue weighted by Crippen LogP contribution is 2.27. The fourth-order valence-electron chi connectivity index (χ4n) is 2.84. The monoisotopic (exact) mass is 286 g/mol. The van der Waals surface area contributed by atoms with Gasteiger partial charge in [0.25, 0.3) is 0 Å². The molecule has 4 nitrogen and oxygen atoms in total. The summed E-state index contributed by atoms with van der Waals surface area (Å²) in [4.78, 5) is 10.4. The molecule has 0 aromatic heterocycles. The van der Waals surface area contributed by atoms with Gasteiger partial charge in [-0.15, -0.1) is 0 Å². The molecule has 20 heavy (non-hydrogen) atoms. The van der Waals surface area contributed by atoms with E-state index in [0.717, 1.165) is 44.9 Å². The Kier molecular flexibility index (Phi) is 8.86. The lowest BCUT2D eigenvalue weighted by Crippen LogP contribution is -2.26. The minimum atomic E-state index is -0.724. The first-order valence-electron chi connectivity index (χ1n) is 8.18. The molecule has 0 saturated carbocycles. The molecule has 3 atom stereocenters. The maximum Gasteiger partial charge on any atom is 0.303 e. The van der Waals surface area contributed by atoms with Gasteiger partial charge < -0.3 is 14.9 Å². The summed E-state index contributed by atoms with van der Waals surface area (Å²) in [6.45, 7) is 2.19. The molecule has 0 radical (unpaired) electrons. The first-order valence-corrected chi connectivity index (χ1v) is 8.18. The van der Waals surface area contributed by atoms with Crippen molar-refractivity contribution in [1.82, 2.24) is 0 Å². The van der Waals surface area contributed by atoms with Gasteiger partial charge in [-0.2, -0.15) is 0 Å². The number of carboxylic acids is 1. The van der Waals surface area contributed by atoms with E-state index in [1.165, 1.54) is 19.3 Å². The molecule has 1 aliphatic heterocycles. The Balaban J connectivity index is 2.07. The van der Waals surface area contributed by atoms with E-state index in [-0.39, 0.29) is 24.7 Å². The largest absolute Gasteiger partial charge is 0.481 e. The third-order valence-corrected chi connectivity index (χ3v) is 4.09. The Bertz CT molecular complexity index is 267. The lowest BCUT2D eigenvalue weighted by Gasteiger charge is -2.19. The Morgan fingerprint density at radius 1 is 1.20 bits per heavy atom. The highest BCUT2D eigenvalue weighted by molar-refractivity contribution is 5.66. The third kappa shape index (κ3) is 7.25. The predicted octanol–water partition coefficient (Wildman–Crippen LogP) is 3.51. The Morgan fingerprint density at radius 3 is 2.70 bits per heavy atom. The van der Waals surface area contributed by atoms with Gasteiger partial charge in [0.05, 0.1) is 18.3 Å². The SMILES string of the molecule is CCCCCC[C@H](O)[C@@H]1CC[C@@H](CCCCC(=O)O)O1. The number of carbonyl (C=O) groups is 1. The second kappa shape index (κ2) is 10.2. The normalized spacial score (nSPS) is 23.9. The van der Waals surface area contributed by atoms with Crippen LogP contribution in [0.15, 0.2) is 0 Å². The quantitative estimate of drug-likeness (QED) is 0.570. The molecule has 0 aromatic carbocycles. The van der Waals surface area contributed by atoms with Crippen LogP contribution in [0.1, 0.15) is 77.6 Å². The fourth-order valence-corrected chi connectivity index (χ4v) is 2.84. The number of ether oxygens (including phenoxy) is 1. The summed E-state index contributed by atoms with van der Waals surface area (Å²) in [5.74, 6) is -0.724. The zero-order valence-electron chi connectivity index (χ0n) is 12.7. The predicted molar refractivity (Wildman–Crippen MR) is 78.8 cm³/mol. The summed E-state index contributed by atoms with van der Waals surface area (Å²) in [7, 11) is 0. The topological polar surface area (TPSA) is 66.8 Å². The summed E-state index contributed by atoms with van der Waals surface area (Å²) >= 11 is 0. The van der Waals surface area contributed by atoms with Crippen molar-refractivity contribution in [1.29, 1.82) is 0 Å². The first kappa shape index (κ1) is 17.4. The number of hydrogen-bond acceptors (Lipinski definition) is 3. The summed E-state index contributed by atoms with van der Waals surface area (Å²) in [6.07, 6.45) is 10.2. The van der Waals surface area contributed by atoms with Crippen LogP contribution in [0.4, 0.5) is 0 Å². The molecule has 4 heteroatoms. The number of aliphatic hydroxyl groups excluding tert-OH is 1. The molecule has 1 fully saturated rings. The van der Waals surface area contributed by atoms with E-state index in [1.807, 2.05) is 0 Å². The highest BCUT2D eigenvalue weighted by atomic mass is 16.5. The molecule has 1 rings (SSSR count). The fraction of sp³-hybridized carbons (Fsp3) is 0.938. The number of carboxylic acid groups (broad SMARTS) is 1. The average molecular weight is 286 g/mol. The summed E-state index contributed by atoms with van der Waals surface area (Å²) in [5.41, 5.74) is 0. The minimum absolute atomic E-state index is 0.00102. The van der Waals surface area contributed by atoms with Gasteiger partial charge in [0.15, 0.2) is 0 Å². The van der Waals surface area contributed by atoms with E-state index < -0.39 is 5.97 Å². The molecule has 0 aromatic rings. The lowest BCUT2D eigenvalue weighted by molar-refractivity contribution is -0.137. The molecule has 0 spiro atoms. The van der Waals surface area contributed by atoms with E-state index in [0.29, 0.717) is 0 Å². The van der Waals surface area contributed by atoms with Gasteiger partial charge in [0, 0.05) is 6.42 Å². The van der Waals surface area contributed by atoms with Crippen molar-refractivity contribution in [3.8, 4) is 0 Å². The third-order valence-electron chi connectivity index (χ3n) is 4.09. The zero-order valence-corrected chi connectivity index (χ0v) is 12.7. The molecule has 118 valence electrons. The molecular formula is C16H30O4. The maximum atomic E-state index is 10.4. The van der Waals surface area contributed by atoms with Gasteiger partial charge in [-0.1, -0.05) is 39.0 Å². The zero-order chi connectivity index (χ0) is 14.8. The molecule has 0 aliphatic carbocycles. The lowest BCUT2D eigenvalue weighted by atomic mass is 10.0. The number of rotatable bonds is 11. The van der Waals surface area contributed by atoms with Gasteiger partial charge in [0.2, 0.25) is 0 Å². The van der Waals surface area contributed by atoms with Crippen molar-refractivity contribution >= 4 is 5.97 Å². The van der Waals surface area contributed by atoms with Crippen molar-refractivity contribution in [2.24, 2.45) is 0 Å². The van der Waals surface area contributed by atoms with Gasteiger partial charge >= 0.3 is 5.97 Å². The Labute approximate surface area is 122 Å². The van der Waals surface area contributed by atoms with Crippen LogP contribution in [0, 0.1) is 0 Å². The van der Waals surface area contributed by atoms with Crippen molar-refractivity contribution in [3.63, 3.8) is 0 Å². The molecule has 0 unspecified atom stereocenters. The van der Waals surface area contributed by atoms with Crippen LogP contribution in [0.25, 0.3) is 0 Å². The van der Waals surface area contributed by atoms with Gasteiger partial charge in [-0.3, -0.25) is 4.79 Å². The maximum absolute atomic E-state index is 10.4. The number of aliphatic carboxylic acids is 1. The molecule has 1 heterocycles. The summed E-state index contributed by atoms with van der Waals surface area (Å²) in [5, 5.41) is 18.7. The van der Waals surface area contributed by atoms with E-state index in [1.54, 1.807) is 0 Å². The molecule has 0 bridgehead atoms. The number of unbranched alkanes of at least 4 members (excludes halogenated alkanes) is 4. The van der Waals surface area contributed by atoms with Crippen LogP contribution in [-0.2, 0) is 9.53 Å². The van der Waals surface area contributed by atoms with Crippen LogP contribution in [-0.4, -0.2) is 34.5 Å². The van der Waals surface area contributed by atoms with Crippen LogP contribution in [0.5, 0.6) is 0 Å². The Morgan fingerprint density at radius 2 is 2.00 bits per heavy atom. The van der Waals surface area contributed by atoms with Gasteiger partial charge in [-0.05, 0) is 32.1 Å². The second-order valence-corrected chi connectivity index (χ2v) is 5.93. The van der Waals surface area contributed by atoms with Crippen molar-refractivity contribution in [2.45, 2.75) is 95.9 Å². The van der Waals surface area contributed by atoms with E-state index in [2.05, 4.69) is 6.92 Å². The summed E-state index contributed by atoms with van der Waals surface area (Å²) < 4.78 is 5.89. The van der Waals surface area contributed by atoms with Crippen molar-refractivity contribution in [2.75, 3.05) is 0 Å². The average Bonchev–Trinajstić information content (AvgIpc) is 2.88. The number of hydrogen-bond donors (Lipinski definition) is 2.